The minimum absolute atomic E-state index is 0.0525. The Kier molecular flexibility index (Phi) is 5.20. The first-order valence-electron chi connectivity index (χ1n) is 6.86. The molecule has 0 aromatic heterocycles. The number of halogens is 2. The largest absolute Gasteiger partial charge is 0.487 e. The number of aliphatic hydroxyl groups is 1. The number of fused-ring (bicyclic) bond motifs is 1. The number of rotatable bonds is 4. The molecule has 0 aliphatic carbocycles. The molecule has 0 heterocycles. The fourth-order valence-corrected chi connectivity index (χ4v) is 4.53. The van der Waals surface area contributed by atoms with Crippen molar-refractivity contribution >= 4 is 56.0 Å². The van der Waals surface area contributed by atoms with E-state index in [1.807, 2.05) is 24.3 Å². The molecule has 3 rings (SSSR count). The van der Waals surface area contributed by atoms with Gasteiger partial charge >= 0.3 is 0 Å². The molecule has 3 aromatic rings. The molecule has 22 heavy (non-hydrogen) atoms. The van der Waals surface area contributed by atoms with Crippen molar-refractivity contribution in [3.05, 3.63) is 72.9 Å². The Labute approximate surface area is 156 Å². The molecule has 0 spiro atoms. The van der Waals surface area contributed by atoms with Crippen molar-refractivity contribution in [3.8, 4) is 5.75 Å². The van der Waals surface area contributed by atoms with E-state index in [-0.39, 0.29) is 6.61 Å². The molecule has 0 radical (unpaired) electrons. The molecule has 3 aromatic carbocycles. The summed E-state index contributed by atoms with van der Waals surface area (Å²) in [5, 5.41) is 11.7. The Morgan fingerprint density at radius 1 is 0.818 bits per heavy atom. The molecular weight excluding hydrogens is 502 g/mol. The third kappa shape index (κ3) is 3.55. The maximum Gasteiger partial charge on any atom is 0.146 e. The Morgan fingerprint density at radius 3 is 2.18 bits per heavy atom. The summed E-state index contributed by atoms with van der Waals surface area (Å²) >= 11 is 4.50. The van der Waals surface area contributed by atoms with Gasteiger partial charge in [0.05, 0.1) is 13.7 Å². The molecule has 0 unspecified atom stereocenters. The number of ether oxygens (including phenoxy) is 1. The lowest BCUT2D eigenvalue weighted by Gasteiger charge is -2.12. The number of benzene rings is 3. The Bertz CT molecular complexity index is 792. The van der Waals surface area contributed by atoms with Crippen molar-refractivity contribution in [2.45, 2.75) is 13.2 Å². The van der Waals surface area contributed by atoms with E-state index in [9.17, 15) is 5.11 Å². The molecular formula is C18H14I2O2. The highest BCUT2D eigenvalue weighted by Gasteiger charge is 2.09. The molecule has 0 fully saturated rings. The molecule has 0 saturated carbocycles. The Morgan fingerprint density at radius 2 is 1.50 bits per heavy atom. The molecule has 0 amide bonds. The molecule has 112 valence electrons. The SMILES string of the molecule is OCc1cc(I)c(OCc2ccc3ccccc3c2)c(I)c1. The third-order valence-electron chi connectivity index (χ3n) is 3.44. The van der Waals surface area contributed by atoms with Gasteiger partial charge < -0.3 is 9.84 Å². The second kappa shape index (κ2) is 7.14. The molecule has 0 aliphatic heterocycles. The van der Waals surface area contributed by atoms with Crippen LogP contribution in [0.3, 0.4) is 0 Å². The second-order valence-corrected chi connectivity index (χ2v) is 7.34. The topological polar surface area (TPSA) is 29.5 Å². The van der Waals surface area contributed by atoms with Crippen molar-refractivity contribution in [2.75, 3.05) is 0 Å². The summed E-state index contributed by atoms with van der Waals surface area (Å²) in [6.45, 7) is 0.590. The summed E-state index contributed by atoms with van der Waals surface area (Å²) in [5.41, 5.74) is 2.06. The zero-order valence-corrected chi connectivity index (χ0v) is 16.0. The van der Waals surface area contributed by atoms with Gasteiger partial charge in [-0.15, -0.1) is 0 Å². The molecule has 0 aliphatic rings. The van der Waals surface area contributed by atoms with E-state index in [0.29, 0.717) is 6.61 Å². The van der Waals surface area contributed by atoms with E-state index in [0.717, 1.165) is 24.0 Å². The van der Waals surface area contributed by atoms with Crippen LogP contribution in [-0.2, 0) is 13.2 Å². The van der Waals surface area contributed by atoms with Crippen LogP contribution >= 0.6 is 45.2 Å². The van der Waals surface area contributed by atoms with E-state index in [4.69, 9.17) is 4.74 Å². The van der Waals surface area contributed by atoms with Gasteiger partial charge in [0.25, 0.3) is 0 Å². The summed E-state index contributed by atoms with van der Waals surface area (Å²) in [5.74, 6) is 0.881. The standard InChI is InChI=1S/C18H14I2O2/c19-16-8-13(10-21)9-17(20)18(16)22-11-12-5-6-14-3-1-2-4-15(14)7-12/h1-9,21H,10-11H2. The van der Waals surface area contributed by atoms with E-state index in [2.05, 4.69) is 75.5 Å². The summed E-state index contributed by atoms with van der Waals surface area (Å²) in [4.78, 5) is 0. The van der Waals surface area contributed by atoms with Crippen LogP contribution in [0.25, 0.3) is 10.8 Å². The number of hydrogen-bond donors (Lipinski definition) is 1. The molecule has 0 bridgehead atoms. The van der Waals surface area contributed by atoms with E-state index >= 15 is 0 Å². The number of aliphatic hydroxyl groups excluding tert-OH is 1. The maximum atomic E-state index is 9.24. The Balaban J connectivity index is 1.82. The van der Waals surface area contributed by atoms with Crippen molar-refractivity contribution in [2.24, 2.45) is 0 Å². The third-order valence-corrected chi connectivity index (χ3v) is 5.04. The lowest BCUT2D eigenvalue weighted by atomic mass is 10.1. The normalized spacial score (nSPS) is 10.9. The number of hydrogen-bond acceptors (Lipinski definition) is 2. The van der Waals surface area contributed by atoms with Crippen LogP contribution in [0.5, 0.6) is 5.75 Å². The summed E-state index contributed by atoms with van der Waals surface area (Å²) in [6.07, 6.45) is 0. The van der Waals surface area contributed by atoms with Gasteiger partial charge in [0.2, 0.25) is 0 Å². The minimum Gasteiger partial charge on any atom is -0.487 e. The van der Waals surface area contributed by atoms with Gasteiger partial charge in [-0.1, -0.05) is 36.4 Å². The first-order chi connectivity index (χ1) is 10.7. The predicted octanol–water partition coefficient (Wildman–Crippen LogP) is 5.12. The first-order valence-corrected chi connectivity index (χ1v) is 9.02. The van der Waals surface area contributed by atoms with Crippen molar-refractivity contribution in [1.29, 1.82) is 0 Å². The van der Waals surface area contributed by atoms with Crippen LogP contribution in [0.2, 0.25) is 0 Å². The van der Waals surface area contributed by atoms with Crippen molar-refractivity contribution < 1.29 is 9.84 Å². The lowest BCUT2D eigenvalue weighted by molar-refractivity contribution is 0.280. The molecule has 2 nitrogen and oxygen atoms in total. The van der Waals surface area contributed by atoms with Crippen LogP contribution < -0.4 is 4.74 Å². The average Bonchev–Trinajstić information content (AvgIpc) is 2.53. The first kappa shape index (κ1) is 16.0. The molecule has 1 N–H and O–H groups in total. The monoisotopic (exact) mass is 516 g/mol. The van der Waals surface area contributed by atoms with Crippen molar-refractivity contribution in [1.82, 2.24) is 0 Å². The highest BCUT2D eigenvalue weighted by molar-refractivity contribution is 14.1. The van der Waals surface area contributed by atoms with Gasteiger partial charge in [0, 0.05) is 0 Å². The van der Waals surface area contributed by atoms with Crippen LogP contribution in [0, 0.1) is 7.14 Å². The zero-order valence-electron chi connectivity index (χ0n) is 11.7. The quantitative estimate of drug-likeness (QED) is 0.489. The van der Waals surface area contributed by atoms with Gasteiger partial charge in [-0.2, -0.15) is 0 Å². The zero-order chi connectivity index (χ0) is 15.5. The van der Waals surface area contributed by atoms with E-state index in [1.165, 1.54) is 10.8 Å². The smallest absolute Gasteiger partial charge is 0.146 e. The van der Waals surface area contributed by atoms with Crippen molar-refractivity contribution in [3.63, 3.8) is 0 Å². The van der Waals surface area contributed by atoms with Gasteiger partial charge in [-0.25, -0.2) is 0 Å². The molecule has 0 atom stereocenters. The lowest BCUT2D eigenvalue weighted by Crippen LogP contribution is -2.00. The molecule has 0 saturated heterocycles. The van der Waals surface area contributed by atoms with E-state index in [1.54, 1.807) is 0 Å². The minimum atomic E-state index is 0.0525. The predicted molar refractivity (Wildman–Crippen MR) is 106 cm³/mol. The van der Waals surface area contributed by atoms with Gasteiger partial charge in [0.1, 0.15) is 12.4 Å². The summed E-state index contributed by atoms with van der Waals surface area (Å²) < 4.78 is 8.05. The highest BCUT2D eigenvalue weighted by Crippen LogP contribution is 2.30. The van der Waals surface area contributed by atoms with Gasteiger partial charge in [-0.05, 0) is 85.3 Å². The average molecular weight is 516 g/mol. The summed E-state index contributed by atoms with van der Waals surface area (Å²) in [6, 6.07) is 18.6. The maximum absolute atomic E-state index is 9.24. The second-order valence-electron chi connectivity index (χ2n) is 5.02. The van der Waals surface area contributed by atoms with Crippen LogP contribution in [0.1, 0.15) is 11.1 Å². The Hall–Kier alpha value is -0.860. The molecule has 4 heteroatoms. The highest BCUT2D eigenvalue weighted by atomic mass is 127. The fourth-order valence-electron chi connectivity index (χ4n) is 2.33. The summed E-state index contributed by atoms with van der Waals surface area (Å²) in [7, 11) is 0. The fraction of sp³-hybridized carbons (Fsp3) is 0.111. The van der Waals surface area contributed by atoms with Crippen LogP contribution in [0.4, 0.5) is 0 Å². The van der Waals surface area contributed by atoms with Gasteiger partial charge in [-0.3, -0.25) is 0 Å². The van der Waals surface area contributed by atoms with Gasteiger partial charge in [0.15, 0.2) is 0 Å². The van der Waals surface area contributed by atoms with E-state index < -0.39 is 0 Å². The van der Waals surface area contributed by atoms with Crippen LogP contribution in [0.15, 0.2) is 54.6 Å². The van der Waals surface area contributed by atoms with Crippen LogP contribution in [-0.4, -0.2) is 5.11 Å².